The van der Waals surface area contributed by atoms with Crippen molar-refractivity contribution < 1.29 is 9.53 Å². The summed E-state index contributed by atoms with van der Waals surface area (Å²) in [5.74, 6) is 1.14. The molecule has 3 aromatic rings. The molecule has 1 aromatic heterocycles. The first-order chi connectivity index (χ1) is 13.3. The lowest BCUT2D eigenvalue weighted by Gasteiger charge is -2.29. The van der Waals surface area contributed by atoms with E-state index in [2.05, 4.69) is 9.97 Å². The van der Waals surface area contributed by atoms with Crippen LogP contribution in [0.1, 0.15) is 32.2 Å². The van der Waals surface area contributed by atoms with E-state index in [0.29, 0.717) is 29.0 Å². The largest absolute Gasteiger partial charge is 0.496 e. The number of benzene rings is 2. The third kappa shape index (κ3) is 4.22. The van der Waals surface area contributed by atoms with Crippen LogP contribution in [0, 0.1) is 5.41 Å². The Hall–Kier alpha value is -3.15. The average Bonchev–Trinajstić information content (AvgIpc) is 2.66. The number of fused-ring (bicyclic) bond motifs is 1. The quantitative estimate of drug-likeness (QED) is 0.736. The Morgan fingerprint density at radius 3 is 2.46 bits per heavy atom. The van der Waals surface area contributed by atoms with E-state index >= 15 is 0 Å². The second-order valence-corrected chi connectivity index (χ2v) is 7.75. The molecule has 0 aliphatic rings. The summed E-state index contributed by atoms with van der Waals surface area (Å²) in [6.45, 7) is 6.19. The number of aromatic nitrogens is 2. The second-order valence-electron chi connectivity index (χ2n) is 7.75. The summed E-state index contributed by atoms with van der Waals surface area (Å²) in [4.78, 5) is 34.5. The molecule has 1 N–H and O–H groups in total. The SMILES string of the molecule is COc1ccccc1CN(Cc1nc2ccccc2c(=O)[nH]1)C(=O)C(C)(C)C. The van der Waals surface area contributed by atoms with Crippen LogP contribution >= 0.6 is 0 Å². The number of ether oxygens (including phenoxy) is 1. The van der Waals surface area contributed by atoms with Gasteiger partial charge in [-0.2, -0.15) is 0 Å². The lowest BCUT2D eigenvalue weighted by atomic mass is 9.94. The molecule has 0 aliphatic heterocycles. The number of rotatable bonds is 5. The van der Waals surface area contributed by atoms with E-state index in [1.54, 1.807) is 30.2 Å². The lowest BCUT2D eigenvalue weighted by Crippen LogP contribution is -2.39. The summed E-state index contributed by atoms with van der Waals surface area (Å²) in [5, 5.41) is 0.532. The van der Waals surface area contributed by atoms with Crippen molar-refractivity contribution in [3.05, 3.63) is 70.3 Å². The summed E-state index contributed by atoms with van der Waals surface area (Å²) < 4.78 is 5.43. The van der Waals surface area contributed by atoms with Crippen molar-refractivity contribution in [2.24, 2.45) is 5.41 Å². The van der Waals surface area contributed by atoms with Crippen molar-refractivity contribution >= 4 is 16.8 Å². The van der Waals surface area contributed by atoms with Crippen LogP contribution in [0.4, 0.5) is 0 Å². The molecule has 1 heterocycles. The highest BCUT2D eigenvalue weighted by Gasteiger charge is 2.28. The Bertz CT molecular complexity index is 1050. The van der Waals surface area contributed by atoms with Crippen LogP contribution in [0.15, 0.2) is 53.3 Å². The highest BCUT2D eigenvalue weighted by atomic mass is 16.5. The molecule has 0 unspecified atom stereocenters. The fraction of sp³-hybridized carbons (Fsp3) is 0.318. The van der Waals surface area contributed by atoms with E-state index in [-0.39, 0.29) is 18.0 Å². The van der Waals surface area contributed by atoms with Crippen molar-refractivity contribution in [1.82, 2.24) is 14.9 Å². The minimum absolute atomic E-state index is 0.0331. The molecule has 0 fully saturated rings. The standard InChI is InChI=1S/C22H25N3O3/c1-22(2,3)21(27)25(13-15-9-5-8-12-18(15)28-4)14-19-23-17-11-7-6-10-16(17)20(26)24-19/h5-12H,13-14H2,1-4H3,(H,23,24,26). The third-order valence-corrected chi connectivity index (χ3v) is 4.49. The van der Waals surface area contributed by atoms with Gasteiger partial charge in [0.2, 0.25) is 5.91 Å². The Balaban J connectivity index is 1.98. The van der Waals surface area contributed by atoms with Gasteiger partial charge in [0.1, 0.15) is 11.6 Å². The van der Waals surface area contributed by atoms with Crippen molar-refractivity contribution in [2.45, 2.75) is 33.9 Å². The normalized spacial score (nSPS) is 11.4. The fourth-order valence-electron chi connectivity index (χ4n) is 3.10. The maximum atomic E-state index is 13.1. The highest BCUT2D eigenvalue weighted by Crippen LogP contribution is 2.24. The van der Waals surface area contributed by atoms with E-state index in [9.17, 15) is 9.59 Å². The van der Waals surface area contributed by atoms with E-state index in [1.165, 1.54) is 0 Å². The molecule has 0 aliphatic carbocycles. The second kappa shape index (κ2) is 7.84. The predicted octanol–water partition coefficient (Wildman–Crippen LogP) is 3.51. The average molecular weight is 379 g/mol. The summed E-state index contributed by atoms with van der Waals surface area (Å²) in [7, 11) is 1.61. The molecule has 0 saturated carbocycles. The summed E-state index contributed by atoms with van der Waals surface area (Å²) in [6.07, 6.45) is 0. The number of hydrogen-bond donors (Lipinski definition) is 1. The first-order valence-electron chi connectivity index (χ1n) is 9.19. The number of carbonyl (C=O) groups is 1. The fourth-order valence-corrected chi connectivity index (χ4v) is 3.10. The van der Waals surface area contributed by atoms with Gasteiger partial charge in [-0.25, -0.2) is 4.98 Å². The zero-order valence-corrected chi connectivity index (χ0v) is 16.7. The molecule has 146 valence electrons. The Labute approximate surface area is 164 Å². The molecule has 0 saturated heterocycles. The summed E-state index contributed by atoms with van der Waals surface area (Å²) in [5.41, 5.74) is 0.729. The topological polar surface area (TPSA) is 75.3 Å². The van der Waals surface area contributed by atoms with Crippen molar-refractivity contribution in [1.29, 1.82) is 0 Å². The van der Waals surface area contributed by atoms with E-state index < -0.39 is 5.41 Å². The van der Waals surface area contributed by atoms with Gasteiger partial charge in [-0.3, -0.25) is 9.59 Å². The Morgan fingerprint density at radius 2 is 1.75 bits per heavy atom. The van der Waals surface area contributed by atoms with Gasteiger partial charge >= 0.3 is 0 Å². The molecule has 0 bridgehead atoms. The number of nitrogens with one attached hydrogen (secondary N) is 1. The van der Waals surface area contributed by atoms with Crippen molar-refractivity contribution in [3.8, 4) is 5.75 Å². The number of para-hydroxylation sites is 2. The van der Waals surface area contributed by atoms with Gasteiger partial charge in [-0.05, 0) is 18.2 Å². The van der Waals surface area contributed by atoms with Crippen molar-refractivity contribution in [2.75, 3.05) is 7.11 Å². The molecular weight excluding hydrogens is 354 g/mol. The first-order valence-corrected chi connectivity index (χ1v) is 9.19. The highest BCUT2D eigenvalue weighted by molar-refractivity contribution is 5.81. The molecule has 6 heteroatoms. The molecular formula is C22H25N3O3. The zero-order chi connectivity index (χ0) is 20.3. The van der Waals surface area contributed by atoms with Crippen LogP contribution in [0.5, 0.6) is 5.75 Å². The molecule has 3 rings (SSSR count). The molecule has 0 radical (unpaired) electrons. The van der Waals surface area contributed by atoms with E-state index in [1.807, 2.05) is 51.1 Å². The lowest BCUT2D eigenvalue weighted by molar-refractivity contribution is -0.140. The number of amides is 1. The van der Waals surface area contributed by atoms with Gasteiger partial charge in [0.25, 0.3) is 5.56 Å². The number of H-pyrrole nitrogens is 1. The third-order valence-electron chi connectivity index (χ3n) is 4.49. The van der Waals surface area contributed by atoms with Crippen molar-refractivity contribution in [3.63, 3.8) is 0 Å². The van der Waals surface area contributed by atoms with Crippen LogP contribution in [0.2, 0.25) is 0 Å². The Morgan fingerprint density at radius 1 is 1.07 bits per heavy atom. The van der Waals surface area contributed by atoms with Gasteiger partial charge < -0.3 is 14.6 Å². The predicted molar refractivity (Wildman–Crippen MR) is 109 cm³/mol. The van der Waals surface area contributed by atoms with Gasteiger partial charge in [0.15, 0.2) is 0 Å². The smallest absolute Gasteiger partial charge is 0.258 e. The maximum Gasteiger partial charge on any atom is 0.258 e. The molecule has 1 amide bonds. The van der Waals surface area contributed by atoms with Gasteiger partial charge in [0, 0.05) is 17.5 Å². The summed E-state index contributed by atoms with van der Waals surface area (Å²) >= 11 is 0. The minimum atomic E-state index is -0.570. The van der Waals surface area contributed by atoms with Gasteiger partial charge in [0.05, 0.1) is 24.6 Å². The monoisotopic (exact) mass is 379 g/mol. The van der Waals surface area contributed by atoms with E-state index in [4.69, 9.17) is 4.74 Å². The van der Waals surface area contributed by atoms with Crippen LogP contribution in [-0.4, -0.2) is 27.9 Å². The molecule has 0 spiro atoms. The van der Waals surface area contributed by atoms with E-state index in [0.717, 1.165) is 5.56 Å². The number of carbonyl (C=O) groups excluding carboxylic acids is 1. The maximum absolute atomic E-state index is 13.1. The molecule has 2 aromatic carbocycles. The summed E-state index contributed by atoms with van der Waals surface area (Å²) in [6, 6.07) is 14.8. The number of hydrogen-bond acceptors (Lipinski definition) is 4. The minimum Gasteiger partial charge on any atom is -0.496 e. The van der Waals surface area contributed by atoms with Crippen LogP contribution < -0.4 is 10.3 Å². The van der Waals surface area contributed by atoms with Crippen LogP contribution in [0.3, 0.4) is 0 Å². The molecule has 6 nitrogen and oxygen atoms in total. The van der Waals surface area contributed by atoms with Crippen LogP contribution in [-0.2, 0) is 17.9 Å². The van der Waals surface area contributed by atoms with Crippen LogP contribution in [0.25, 0.3) is 10.9 Å². The first kappa shape index (κ1) is 19.6. The number of aromatic amines is 1. The number of nitrogens with zero attached hydrogens (tertiary/aromatic N) is 2. The Kier molecular flexibility index (Phi) is 5.49. The molecule has 28 heavy (non-hydrogen) atoms. The molecule has 0 atom stereocenters. The van der Waals surface area contributed by atoms with Gasteiger partial charge in [-0.1, -0.05) is 51.1 Å². The zero-order valence-electron chi connectivity index (χ0n) is 16.7. The van der Waals surface area contributed by atoms with Gasteiger partial charge in [-0.15, -0.1) is 0 Å². The number of methoxy groups -OCH3 is 1.